The fourth-order valence-corrected chi connectivity index (χ4v) is 3.89. The molecule has 0 spiro atoms. The van der Waals surface area contributed by atoms with E-state index in [2.05, 4.69) is 5.32 Å². The maximum atomic E-state index is 12.9. The van der Waals surface area contributed by atoms with Gasteiger partial charge in [0.15, 0.2) is 0 Å². The van der Waals surface area contributed by atoms with E-state index in [-0.39, 0.29) is 5.70 Å². The molecule has 2 heterocycles. The summed E-state index contributed by atoms with van der Waals surface area (Å²) in [6.45, 7) is 3.88. The Bertz CT molecular complexity index is 1210. The Kier molecular flexibility index (Phi) is 5.36. The Labute approximate surface area is 188 Å². The van der Waals surface area contributed by atoms with Crippen molar-refractivity contribution in [3.8, 4) is 5.69 Å². The van der Waals surface area contributed by atoms with Crippen molar-refractivity contribution in [2.24, 2.45) is 0 Å². The van der Waals surface area contributed by atoms with Crippen LogP contribution in [0.3, 0.4) is 0 Å². The Morgan fingerprint density at radius 1 is 0.867 bits per heavy atom. The molecule has 0 saturated carbocycles. The minimum absolute atomic E-state index is 0.198. The highest BCUT2D eigenvalue weighted by molar-refractivity contribution is 6.42. The molecule has 0 radical (unpaired) electrons. The van der Waals surface area contributed by atoms with Gasteiger partial charge in [0.2, 0.25) is 0 Å². The molecule has 0 bridgehead atoms. The van der Waals surface area contributed by atoms with E-state index in [1.807, 2.05) is 30.5 Å². The summed E-state index contributed by atoms with van der Waals surface area (Å²) in [4.78, 5) is 26.4. The van der Waals surface area contributed by atoms with Crippen molar-refractivity contribution >= 4 is 58.5 Å². The van der Waals surface area contributed by atoms with Crippen molar-refractivity contribution in [2.45, 2.75) is 13.8 Å². The predicted molar refractivity (Wildman–Crippen MR) is 121 cm³/mol. The van der Waals surface area contributed by atoms with E-state index in [4.69, 9.17) is 34.8 Å². The molecular formula is C22H16Cl3N3O2. The number of urea groups is 1. The monoisotopic (exact) mass is 459 g/mol. The zero-order valence-electron chi connectivity index (χ0n) is 16.0. The molecule has 2 aromatic carbocycles. The highest BCUT2D eigenvalue weighted by atomic mass is 35.5. The van der Waals surface area contributed by atoms with Gasteiger partial charge in [-0.3, -0.25) is 4.79 Å². The Hall–Kier alpha value is -2.73. The van der Waals surface area contributed by atoms with Gasteiger partial charge in [-0.2, -0.15) is 0 Å². The number of rotatable bonds is 3. The van der Waals surface area contributed by atoms with Crippen molar-refractivity contribution in [2.75, 3.05) is 4.90 Å². The molecule has 5 nitrogen and oxygen atoms in total. The summed E-state index contributed by atoms with van der Waals surface area (Å²) in [5.74, 6) is -0.429. The number of imide groups is 1. The van der Waals surface area contributed by atoms with Crippen molar-refractivity contribution < 1.29 is 9.59 Å². The first-order valence-electron chi connectivity index (χ1n) is 9.03. The molecule has 0 unspecified atom stereocenters. The molecule has 1 aliphatic heterocycles. The first-order valence-corrected chi connectivity index (χ1v) is 10.2. The summed E-state index contributed by atoms with van der Waals surface area (Å²) < 4.78 is 2.01. The van der Waals surface area contributed by atoms with Gasteiger partial charge < -0.3 is 9.88 Å². The normalized spacial score (nSPS) is 15.2. The standard InChI is InChI=1S/C22H16Cl3N3O2/c1-12-9-14(13(2)27(12)17-7-8-18(24)19(25)11-17)10-20-21(29)28(22(30)26-20)16-5-3-15(23)4-6-16/h3-11H,1-2H3,(H,26,30)/b20-10-. The van der Waals surface area contributed by atoms with E-state index in [0.717, 1.165) is 27.5 Å². The number of aryl methyl sites for hydroxylation is 1. The van der Waals surface area contributed by atoms with Crippen molar-refractivity contribution in [3.63, 3.8) is 0 Å². The second kappa shape index (κ2) is 7.84. The lowest BCUT2D eigenvalue weighted by Crippen LogP contribution is -2.30. The van der Waals surface area contributed by atoms with Crippen LogP contribution in [-0.4, -0.2) is 16.5 Å². The minimum atomic E-state index is -0.508. The van der Waals surface area contributed by atoms with Gasteiger partial charge in [0.1, 0.15) is 5.70 Å². The van der Waals surface area contributed by atoms with Crippen LogP contribution < -0.4 is 10.2 Å². The van der Waals surface area contributed by atoms with E-state index < -0.39 is 11.9 Å². The Morgan fingerprint density at radius 3 is 2.20 bits per heavy atom. The van der Waals surface area contributed by atoms with Crippen molar-refractivity contribution in [1.82, 2.24) is 9.88 Å². The van der Waals surface area contributed by atoms with Crippen LogP contribution in [0.25, 0.3) is 11.8 Å². The Morgan fingerprint density at radius 2 is 1.53 bits per heavy atom. The average molecular weight is 461 g/mol. The van der Waals surface area contributed by atoms with E-state index in [1.165, 1.54) is 0 Å². The van der Waals surface area contributed by atoms with Crippen LogP contribution in [0.2, 0.25) is 15.1 Å². The number of benzene rings is 2. The van der Waals surface area contributed by atoms with Crippen LogP contribution in [0.4, 0.5) is 10.5 Å². The van der Waals surface area contributed by atoms with Gasteiger partial charge >= 0.3 is 6.03 Å². The van der Waals surface area contributed by atoms with Gasteiger partial charge in [-0.15, -0.1) is 0 Å². The first kappa shape index (κ1) is 20.5. The topological polar surface area (TPSA) is 54.3 Å². The summed E-state index contributed by atoms with van der Waals surface area (Å²) >= 11 is 18.1. The van der Waals surface area contributed by atoms with Gasteiger partial charge in [0.05, 0.1) is 15.7 Å². The molecule has 8 heteroatoms. The zero-order valence-corrected chi connectivity index (χ0v) is 18.3. The molecule has 1 aliphatic rings. The maximum absolute atomic E-state index is 12.9. The number of nitrogens with one attached hydrogen (secondary N) is 1. The predicted octanol–water partition coefficient (Wildman–Crippen LogP) is 6.15. The van der Waals surface area contributed by atoms with Crippen molar-refractivity contribution in [3.05, 3.63) is 86.2 Å². The van der Waals surface area contributed by atoms with Gasteiger partial charge in [-0.1, -0.05) is 34.8 Å². The average Bonchev–Trinajstić information content (AvgIpc) is 3.13. The summed E-state index contributed by atoms with van der Waals surface area (Å²) in [7, 11) is 0. The first-order chi connectivity index (χ1) is 14.3. The smallest absolute Gasteiger partial charge is 0.318 e. The number of carbonyl (C=O) groups is 2. The minimum Gasteiger partial charge on any atom is -0.318 e. The molecule has 0 atom stereocenters. The van der Waals surface area contributed by atoms with Crippen LogP contribution >= 0.6 is 34.8 Å². The molecule has 1 aromatic heterocycles. The lowest BCUT2D eigenvalue weighted by atomic mass is 10.2. The van der Waals surface area contributed by atoms with Gasteiger partial charge in [-0.05, 0) is 74.0 Å². The molecule has 3 aromatic rings. The molecule has 0 aliphatic carbocycles. The van der Waals surface area contributed by atoms with E-state index in [1.54, 1.807) is 42.5 Å². The van der Waals surface area contributed by atoms with E-state index in [0.29, 0.717) is 20.8 Å². The van der Waals surface area contributed by atoms with Crippen LogP contribution in [0.15, 0.2) is 54.2 Å². The largest absolute Gasteiger partial charge is 0.333 e. The zero-order chi connectivity index (χ0) is 21.6. The lowest BCUT2D eigenvalue weighted by molar-refractivity contribution is -0.113. The van der Waals surface area contributed by atoms with Crippen LogP contribution in [-0.2, 0) is 4.79 Å². The number of hydrogen-bond acceptors (Lipinski definition) is 2. The van der Waals surface area contributed by atoms with Gasteiger partial charge in [0, 0.05) is 22.1 Å². The molecule has 1 fully saturated rings. The van der Waals surface area contributed by atoms with E-state index in [9.17, 15) is 9.59 Å². The highest BCUT2D eigenvalue weighted by Gasteiger charge is 2.35. The highest BCUT2D eigenvalue weighted by Crippen LogP contribution is 2.29. The van der Waals surface area contributed by atoms with Crippen molar-refractivity contribution in [1.29, 1.82) is 0 Å². The number of amides is 3. The van der Waals surface area contributed by atoms with Gasteiger partial charge in [-0.25, -0.2) is 9.69 Å². The number of anilines is 1. The third-order valence-corrected chi connectivity index (χ3v) is 5.89. The number of nitrogens with zero attached hydrogens (tertiary/aromatic N) is 2. The van der Waals surface area contributed by atoms with E-state index >= 15 is 0 Å². The lowest BCUT2D eigenvalue weighted by Gasteiger charge is -2.11. The SMILES string of the molecule is Cc1cc(/C=C2\NC(=O)N(c3ccc(Cl)cc3)C2=O)c(C)n1-c1ccc(Cl)c(Cl)c1. The summed E-state index contributed by atoms with van der Waals surface area (Å²) in [5, 5.41) is 4.11. The number of aromatic nitrogens is 1. The summed E-state index contributed by atoms with van der Waals surface area (Å²) in [6.07, 6.45) is 1.67. The van der Waals surface area contributed by atoms with Gasteiger partial charge in [0.25, 0.3) is 5.91 Å². The molecular weight excluding hydrogens is 445 g/mol. The number of carbonyl (C=O) groups excluding carboxylic acids is 2. The molecule has 3 amide bonds. The molecule has 152 valence electrons. The molecule has 30 heavy (non-hydrogen) atoms. The third-order valence-electron chi connectivity index (χ3n) is 4.89. The molecule has 1 saturated heterocycles. The Balaban J connectivity index is 1.70. The number of halogens is 3. The fourth-order valence-electron chi connectivity index (χ4n) is 3.47. The molecule has 1 N–H and O–H groups in total. The third kappa shape index (κ3) is 3.60. The number of hydrogen-bond donors (Lipinski definition) is 1. The fraction of sp³-hybridized carbons (Fsp3) is 0.0909. The summed E-state index contributed by atoms with van der Waals surface area (Å²) in [5.41, 5.74) is 4.15. The second-order valence-corrected chi connectivity index (χ2v) is 8.12. The van der Waals surface area contributed by atoms with Crippen LogP contribution in [0.5, 0.6) is 0 Å². The van der Waals surface area contributed by atoms with Crippen LogP contribution in [0, 0.1) is 13.8 Å². The maximum Gasteiger partial charge on any atom is 0.333 e. The van der Waals surface area contributed by atoms with Crippen LogP contribution in [0.1, 0.15) is 17.0 Å². The quantitative estimate of drug-likeness (QED) is 0.376. The second-order valence-electron chi connectivity index (χ2n) is 6.87. The molecule has 4 rings (SSSR count). The summed E-state index contributed by atoms with van der Waals surface area (Å²) in [6, 6.07) is 13.3.